The van der Waals surface area contributed by atoms with Gasteiger partial charge in [-0.15, -0.1) is 0 Å². The molecule has 3 aromatic rings. The number of carbonyl (C=O) groups is 1. The van der Waals surface area contributed by atoms with E-state index in [1.165, 1.54) is 12.1 Å². The number of aromatic hydroxyl groups is 1. The standard InChI is InChI=1S/C24H28F3N3O6S/c1-12-7-13(2)20(34)15(8-12)22(36)30(11-28-10-18(33)21(35)17(32)5-6-31)23-29-16-4-3-14(24(25,26)27)9-19(16)37-23/h3-4,7-9,17-18,21,28,31-35H,5-6,10-11H2,1-2H3/t17-,18+,21+/m1/s1. The zero-order valence-corrected chi connectivity index (χ0v) is 20.8. The molecule has 6 N–H and O–H groups in total. The number of thiazole rings is 1. The monoisotopic (exact) mass is 543 g/mol. The van der Waals surface area contributed by atoms with E-state index in [1.807, 2.05) is 0 Å². The lowest BCUT2D eigenvalue weighted by Crippen LogP contribution is -2.47. The van der Waals surface area contributed by atoms with Crippen molar-refractivity contribution in [3.8, 4) is 5.75 Å². The van der Waals surface area contributed by atoms with E-state index in [-0.39, 0.29) is 46.3 Å². The van der Waals surface area contributed by atoms with Crippen LogP contribution in [0.2, 0.25) is 0 Å². The number of phenolic OH excluding ortho intramolecular Hbond substituents is 1. The van der Waals surface area contributed by atoms with Crippen LogP contribution in [0.3, 0.4) is 0 Å². The van der Waals surface area contributed by atoms with Crippen LogP contribution in [0.5, 0.6) is 5.75 Å². The van der Waals surface area contributed by atoms with Gasteiger partial charge in [-0.2, -0.15) is 13.2 Å². The number of hydrogen-bond acceptors (Lipinski definition) is 9. The highest BCUT2D eigenvalue weighted by atomic mass is 32.1. The number of aliphatic hydroxyl groups excluding tert-OH is 4. The number of phenols is 1. The minimum absolute atomic E-state index is 0.0423. The third-order valence-corrected chi connectivity index (χ3v) is 6.73. The number of nitrogens with one attached hydrogen (secondary N) is 1. The third kappa shape index (κ3) is 6.74. The van der Waals surface area contributed by atoms with Gasteiger partial charge >= 0.3 is 6.18 Å². The predicted octanol–water partition coefficient (Wildman–Crippen LogP) is 2.30. The Morgan fingerprint density at radius 2 is 1.84 bits per heavy atom. The van der Waals surface area contributed by atoms with Crippen LogP contribution in [0.4, 0.5) is 18.3 Å². The van der Waals surface area contributed by atoms with Gasteiger partial charge in [0, 0.05) is 13.2 Å². The molecule has 37 heavy (non-hydrogen) atoms. The second-order valence-electron chi connectivity index (χ2n) is 8.64. The molecule has 0 aliphatic carbocycles. The third-order valence-electron chi connectivity index (χ3n) is 5.69. The number of aliphatic hydroxyl groups is 4. The molecule has 0 saturated heterocycles. The normalized spacial score (nSPS) is 14.5. The summed E-state index contributed by atoms with van der Waals surface area (Å²) in [5.41, 5.74) is 0.470. The second kappa shape index (κ2) is 11.7. The number of aryl methyl sites for hydroxylation is 2. The summed E-state index contributed by atoms with van der Waals surface area (Å²) in [4.78, 5) is 18.9. The van der Waals surface area contributed by atoms with Crippen molar-refractivity contribution in [2.45, 2.75) is 44.8 Å². The van der Waals surface area contributed by atoms with Crippen LogP contribution in [-0.4, -0.2) is 74.6 Å². The number of fused-ring (bicyclic) bond motifs is 1. The first-order valence-corrected chi connectivity index (χ1v) is 12.1. The first-order valence-electron chi connectivity index (χ1n) is 11.3. The van der Waals surface area contributed by atoms with E-state index < -0.39 is 42.6 Å². The van der Waals surface area contributed by atoms with E-state index in [1.54, 1.807) is 19.9 Å². The second-order valence-corrected chi connectivity index (χ2v) is 9.65. The Bertz CT molecular complexity index is 1250. The zero-order chi connectivity index (χ0) is 27.5. The predicted molar refractivity (Wildman–Crippen MR) is 132 cm³/mol. The highest BCUT2D eigenvalue weighted by molar-refractivity contribution is 7.22. The topological polar surface area (TPSA) is 146 Å². The summed E-state index contributed by atoms with van der Waals surface area (Å²) in [6.45, 7) is 2.38. The van der Waals surface area contributed by atoms with Gasteiger partial charge in [0.15, 0.2) is 5.13 Å². The molecule has 3 atom stereocenters. The summed E-state index contributed by atoms with van der Waals surface area (Å²) in [6, 6.07) is 6.17. The first-order chi connectivity index (χ1) is 17.3. The molecule has 0 unspecified atom stereocenters. The minimum atomic E-state index is -4.56. The number of alkyl halides is 3. The molecule has 0 fully saturated rings. The number of aromatic nitrogens is 1. The van der Waals surface area contributed by atoms with E-state index in [9.17, 15) is 38.4 Å². The van der Waals surface area contributed by atoms with Crippen LogP contribution in [-0.2, 0) is 6.18 Å². The Morgan fingerprint density at radius 3 is 2.49 bits per heavy atom. The van der Waals surface area contributed by atoms with E-state index in [0.717, 1.165) is 28.4 Å². The summed E-state index contributed by atoms with van der Waals surface area (Å²) in [5, 5.41) is 52.2. The number of anilines is 1. The largest absolute Gasteiger partial charge is 0.507 e. The van der Waals surface area contributed by atoms with Crippen molar-refractivity contribution >= 4 is 32.6 Å². The molecule has 0 saturated carbocycles. The van der Waals surface area contributed by atoms with Crippen molar-refractivity contribution in [3.63, 3.8) is 0 Å². The van der Waals surface area contributed by atoms with E-state index in [4.69, 9.17) is 5.11 Å². The number of nitrogens with zero attached hydrogens (tertiary/aromatic N) is 2. The van der Waals surface area contributed by atoms with Crippen molar-refractivity contribution in [1.82, 2.24) is 10.3 Å². The quantitative estimate of drug-likeness (QED) is 0.214. The fourth-order valence-corrected chi connectivity index (χ4v) is 4.71. The Morgan fingerprint density at radius 1 is 1.14 bits per heavy atom. The lowest BCUT2D eigenvalue weighted by Gasteiger charge is -2.25. The molecular formula is C24H28F3N3O6S. The molecule has 0 bridgehead atoms. The van der Waals surface area contributed by atoms with Gasteiger partial charge in [0.05, 0.1) is 40.2 Å². The van der Waals surface area contributed by atoms with E-state index in [0.29, 0.717) is 11.1 Å². The summed E-state index contributed by atoms with van der Waals surface area (Å²) in [7, 11) is 0. The Hall–Kier alpha value is -2.81. The van der Waals surface area contributed by atoms with Gasteiger partial charge in [0.2, 0.25) is 0 Å². The van der Waals surface area contributed by atoms with Gasteiger partial charge in [0.1, 0.15) is 11.9 Å². The molecular weight excluding hydrogens is 515 g/mol. The maximum absolute atomic E-state index is 13.5. The molecule has 0 radical (unpaired) electrons. The minimum Gasteiger partial charge on any atom is -0.507 e. The van der Waals surface area contributed by atoms with Gasteiger partial charge < -0.3 is 25.5 Å². The molecule has 3 rings (SSSR count). The van der Waals surface area contributed by atoms with Crippen molar-refractivity contribution in [2.24, 2.45) is 0 Å². The van der Waals surface area contributed by atoms with Crippen molar-refractivity contribution in [1.29, 1.82) is 0 Å². The van der Waals surface area contributed by atoms with Crippen LogP contribution >= 0.6 is 11.3 Å². The molecule has 0 aliphatic heterocycles. The van der Waals surface area contributed by atoms with Crippen LogP contribution in [0, 0.1) is 13.8 Å². The smallest absolute Gasteiger partial charge is 0.416 e. The summed E-state index contributed by atoms with van der Waals surface area (Å²) in [5.74, 6) is -0.953. The van der Waals surface area contributed by atoms with E-state index >= 15 is 0 Å². The van der Waals surface area contributed by atoms with Gasteiger partial charge in [-0.3, -0.25) is 15.0 Å². The molecule has 1 aromatic heterocycles. The molecule has 1 amide bonds. The Kier molecular flexibility index (Phi) is 9.10. The maximum atomic E-state index is 13.5. The van der Waals surface area contributed by atoms with E-state index in [2.05, 4.69) is 10.3 Å². The molecule has 13 heteroatoms. The fraction of sp³-hybridized carbons (Fsp3) is 0.417. The van der Waals surface area contributed by atoms with Crippen LogP contribution < -0.4 is 10.2 Å². The summed E-state index contributed by atoms with van der Waals surface area (Å²) >= 11 is 0.842. The summed E-state index contributed by atoms with van der Waals surface area (Å²) < 4.78 is 39.7. The number of hydrogen-bond donors (Lipinski definition) is 6. The van der Waals surface area contributed by atoms with Crippen molar-refractivity contribution in [2.75, 3.05) is 24.7 Å². The number of amides is 1. The van der Waals surface area contributed by atoms with Crippen molar-refractivity contribution in [3.05, 3.63) is 52.6 Å². The molecule has 9 nitrogen and oxygen atoms in total. The maximum Gasteiger partial charge on any atom is 0.416 e. The number of carbonyl (C=O) groups excluding carboxylic acids is 1. The number of rotatable bonds is 10. The summed E-state index contributed by atoms with van der Waals surface area (Å²) in [6.07, 6.45) is -9.12. The lowest BCUT2D eigenvalue weighted by molar-refractivity contribution is -0.137. The Labute approximate surface area is 214 Å². The fourth-order valence-electron chi connectivity index (χ4n) is 3.70. The van der Waals surface area contributed by atoms with Crippen LogP contribution in [0.1, 0.15) is 33.5 Å². The van der Waals surface area contributed by atoms with Gasteiger partial charge in [0.25, 0.3) is 5.91 Å². The first kappa shape index (κ1) is 28.8. The average Bonchev–Trinajstić information content (AvgIpc) is 3.25. The molecule has 1 heterocycles. The highest BCUT2D eigenvalue weighted by Gasteiger charge is 2.32. The van der Waals surface area contributed by atoms with Crippen LogP contribution in [0.15, 0.2) is 30.3 Å². The van der Waals surface area contributed by atoms with Crippen LogP contribution in [0.25, 0.3) is 10.2 Å². The van der Waals surface area contributed by atoms with Gasteiger partial charge in [-0.05, 0) is 55.7 Å². The van der Waals surface area contributed by atoms with Crippen molar-refractivity contribution < 1.29 is 43.5 Å². The molecule has 202 valence electrons. The number of benzene rings is 2. The zero-order valence-electron chi connectivity index (χ0n) is 20.0. The molecule has 0 aliphatic rings. The van der Waals surface area contributed by atoms with Gasteiger partial charge in [-0.1, -0.05) is 17.4 Å². The SMILES string of the molecule is Cc1cc(C)c(O)c(C(=O)N(CNC[C@H](O)[C@@H](O)[C@H](O)CCO)c2nc3ccc(C(F)(F)F)cc3s2)c1. The van der Waals surface area contributed by atoms with Gasteiger partial charge in [-0.25, -0.2) is 4.98 Å². The molecule has 2 aromatic carbocycles. The molecule has 0 spiro atoms. The average molecular weight is 544 g/mol. The Balaban J connectivity index is 1.92. The lowest BCUT2D eigenvalue weighted by atomic mass is 10.0. The number of halogens is 3. The highest BCUT2D eigenvalue weighted by Crippen LogP contribution is 2.36.